The largest absolute Gasteiger partial charge is 0.396 e. The lowest BCUT2D eigenvalue weighted by Crippen LogP contribution is -2.08. The standard InChI is InChI=1S/C12H15N3O2/c16-8-4-7-12(17)11-9-13-14-15(11)10-5-2-1-3-6-10/h1-3,5-6,9,12,16-17H,4,7-8H2. The van der Waals surface area contributed by atoms with Crippen LogP contribution in [0.5, 0.6) is 0 Å². The Labute approximate surface area is 99.3 Å². The van der Waals surface area contributed by atoms with Gasteiger partial charge in [0, 0.05) is 6.61 Å². The van der Waals surface area contributed by atoms with Gasteiger partial charge in [-0.1, -0.05) is 23.4 Å². The van der Waals surface area contributed by atoms with Crippen molar-refractivity contribution in [1.29, 1.82) is 0 Å². The van der Waals surface area contributed by atoms with E-state index in [9.17, 15) is 5.11 Å². The van der Waals surface area contributed by atoms with Gasteiger partial charge in [-0.05, 0) is 25.0 Å². The third-order valence-corrected chi connectivity index (χ3v) is 2.55. The molecule has 1 aromatic carbocycles. The lowest BCUT2D eigenvalue weighted by molar-refractivity contribution is 0.145. The van der Waals surface area contributed by atoms with Crippen molar-refractivity contribution in [3.8, 4) is 5.69 Å². The topological polar surface area (TPSA) is 71.2 Å². The lowest BCUT2D eigenvalue weighted by atomic mass is 10.1. The Morgan fingerprint density at radius 1 is 1.24 bits per heavy atom. The van der Waals surface area contributed by atoms with Crippen LogP contribution < -0.4 is 0 Å². The van der Waals surface area contributed by atoms with Gasteiger partial charge in [-0.2, -0.15) is 0 Å². The molecule has 1 aromatic heterocycles. The quantitative estimate of drug-likeness (QED) is 0.810. The zero-order valence-corrected chi connectivity index (χ0v) is 9.40. The molecule has 0 aliphatic carbocycles. The molecule has 0 amide bonds. The monoisotopic (exact) mass is 233 g/mol. The average Bonchev–Trinajstić information content (AvgIpc) is 2.86. The second-order valence-corrected chi connectivity index (χ2v) is 3.79. The molecule has 0 spiro atoms. The molecule has 1 heterocycles. The molecule has 0 bridgehead atoms. The Bertz CT molecular complexity index is 456. The molecular formula is C12H15N3O2. The molecule has 0 fully saturated rings. The normalized spacial score (nSPS) is 12.6. The third kappa shape index (κ3) is 2.69. The minimum absolute atomic E-state index is 0.0734. The molecule has 2 N–H and O–H groups in total. The maximum Gasteiger partial charge on any atom is 0.0978 e. The molecule has 1 unspecified atom stereocenters. The summed E-state index contributed by atoms with van der Waals surface area (Å²) in [7, 11) is 0. The van der Waals surface area contributed by atoms with Crippen molar-refractivity contribution >= 4 is 0 Å². The maximum absolute atomic E-state index is 9.97. The van der Waals surface area contributed by atoms with E-state index in [1.54, 1.807) is 10.9 Å². The summed E-state index contributed by atoms with van der Waals surface area (Å²) in [4.78, 5) is 0. The van der Waals surface area contributed by atoms with Crippen LogP contribution in [0.15, 0.2) is 36.5 Å². The smallest absolute Gasteiger partial charge is 0.0978 e. The predicted octanol–water partition coefficient (Wildman–Crippen LogP) is 1.07. The molecule has 90 valence electrons. The second kappa shape index (κ2) is 5.56. The van der Waals surface area contributed by atoms with Gasteiger partial charge in [0.25, 0.3) is 0 Å². The zero-order valence-electron chi connectivity index (χ0n) is 9.40. The summed E-state index contributed by atoms with van der Waals surface area (Å²) in [5, 5.41) is 26.5. The van der Waals surface area contributed by atoms with Crippen LogP contribution in [0.3, 0.4) is 0 Å². The number of aliphatic hydroxyl groups is 2. The zero-order chi connectivity index (χ0) is 12.1. The Hall–Kier alpha value is -1.72. The molecule has 0 radical (unpaired) electrons. The maximum atomic E-state index is 9.97. The molecule has 5 nitrogen and oxygen atoms in total. The van der Waals surface area contributed by atoms with Gasteiger partial charge in [0.05, 0.1) is 23.7 Å². The Morgan fingerprint density at radius 3 is 2.71 bits per heavy atom. The van der Waals surface area contributed by atoms with Crippen LogP contribution >= 0.6 is 0 Å². The minimum atomic E-state index is -0.655. The highest BCUT2D eigenvalue weighted by atomic mass is 16.3. The van der Waals surface area contributed by atoms with Crippen LogP contribution in [0.4, 0.5) is 0 Å². The van der Waals surface area contributed by atoms with Crippen LogP contribution in [-0.2, 0) is 0 Å². The van der Waals surface area contributed by atoms with Gasteiger partial charge in [0.15, 0.2) is 0 Å². The van der Waals surface area contributed by atoms with Gasteiger partial charge in [-0.25, -0.2) is 4.68 Å². The van der Waals surface area contributed by atoms with Gasteiger partial charge in [-0.15, -0.1) is 5.10 Å². The number of rotatable bonds is 5. The van der Waals surface area contributed by atoms with Crippen molar-refractivity contribution in [2.45, 2.75) is 18.9 Å². The predicted molar refractivity (Wildman–Crippen MR) is 62.6 cm³/mol. The Morgan fingerprint density at radius 2 is 2.00 bits per heavy atom. The lowest BCUT2D eigenvalue weighted by Gasteiger charge is -2.11. The molecule has 0 saturated carbocycles. The highest BCUT2D eigenvalue weighted by Crippen LogP contribution is 2.19. The van der Waals surface area contributed by atoms with Gasteiger partial charge in [0.1, 0.15) is 0 Å². The van der Waals surface area contributed by atoms with Crippen molar-refractivity contribution < 1.29 is 10.2 Å². The van der Waals surface area contributed by atoms with Gasteiger partial charge in [-0.3, -0.25) is 0 Å². The number of para-hydroxylation sites is 1. The number of aliphatic hydroxyl groups excluding tert-OH is 2. The minimum Gasteiger partial charge on any atom is -0.396 e. The molecule has 0 saturated heterocycles. The van der Waals surface area contributed by atoms with Crippen molar-refractivity contribution in [3.63, 3.8) is 0 Å². The summed E-state index contributed by atoms with van der Waals surface area (Å²) in [6.07, 6.45) is 1.95. The van der Waals surface area contributed by atoms with Crippen LogP contribution in [0, 0.1) is 0 Å². The summed E-state index contributed by atoms with van der Waals surface area (Å²) in [6.45, 7) is 0.0734. The van der Waals surface area contributed by atoms with Crippen LogP contribution in [0.25, 0.3) is 5.69 Å². The van der Waals surface area contributed by atoms with E-state index in [2.05, 4.69) is 10.3 Å². The van der Waals surface area contributed by atoms with Crippen molar-refractivity contribution in [2.24, 2.45) is 0 Å². The number of hydrogen-bond donors (Lipinski definition) is 2. The van der Waals surface area contributed by atoms with E-state index in [0.717, 1.165) is 5.69 Å². The summed E-state index contributed by atoms with van der Waals surface area (Å²) in [5.74, 6) is 0. The van der Waals surface area contributed by atoms with Crippen molar-refractivity contribution in [1.82, 2.24) is 15.0 Å². The fourth-order valence-electron chi connectivity index (χ4n) is 1.67. The average molecular weight is 233 g/mol. The highest BCUT2D eigenvalue weighted by Gasteiger charge is 2.14. The molecule has 0 aliphatic heterocycles. The highest BCUT2D eigenvalue weighted by molar-refractivity contribution is 5.31. The van der Waals surface area contributed by atoms with E-state index in [-0.39, 0.29) is 6.61 Å². The van der Waals surface area contributed by atoms with Gasteiger partial charge < -0.3 is 10.2 Å². The number of aromatic nitrogens is 3. The van der Waals surface area contributed by atoms with Crippen LogP contribution in [0.1, 0.15) is 24.6 Å². The van der Waals surface area contributed by atoms with E-state index >= 15 is 0 Å². The first-order valence-corrected chi connectivity index (χ1v) is 5.58. The number of benzene rings is 1. The van der Waals surface area contributed by atoms with Crippen LogP contribution in [-0.4, -0.2) is 31.8 Å². The fraction of sp³-hybridized carbons (Fsp3) is 0.333. The van der Waals surface area contributed by atoms with Gasteiger partial charge >= 0.3 is 0 Å². The van der Waals surface area contributed by atoms with E-state index in [1.807, 2.05) is 30.3 Å². The summed E-state index contributed by atoms with van der Waals surface area (Å²) in [6, 6.07) is 9.53. The second-order valence-electron chi connectivity index (χ2n) is 3.79. The van der Waals surface area contributed by atoms with E-state index in [0.29, 0.717) is 18.5 Å². The molecule has 2 aromatic rings. The van der Waals surface area contributed by atoms with E-state index < -0.39 is 6.10 Å². The SMILES string of the molecule is OCCCC(O)c1cnnn1-c1ccccc1. The molecule has 2 rings (SSSR count). The first kappa shape index (κ1) is 11.8. The first-order chi connectivity index (χ1) is 8.33. The molecule has 1 atom stereocenters. The Kier molecular flexibility index (Phi) is 3.85. The molecular weight excluding hydrogens is 218 g/mol. The number of nitrogens with zero attached hydrogens (tertiary/aromatic N) is 3. The summed E-state index contributed by atoms with van der Waals surface area (Å²) in [5.41, 5.74) is 1.51. The fourth-order valence-corrected chi connectivity index (χ4v) is 1.67. The first-order valence-electron chi connectivity index (χ1n) is 5.58. The molecule has 0 aliphatic rings. The van der Waals surface area contributed by atoms with Crippen molar-refractivity contribution in [2.75, 3.05) is 6.61 Å². The number of hydrogen-bond acceptors (Lipinski definition) is 4. The summed E-state index contributed by atoms with van der Waals surface area (Å²) >= 11 is 0. The Balaban J connectivity index is 2.23. The van der Waals surface area contributed by atoms with E-state index in [4.69, 9.17) is 5.11 Å². The van der Waals surface area contributed by atoms with Crippen LogP contribution in [0.2, 0.25) is 0 Å². The molecule has 5 heteroatoms. The van der Waals surface area contributed by atoms with E-state index in [1.165, 1.54) is 0 Å². The third-order valence-electron chi connectivity index (χ3n) is 2.55. The molecule has 17 heavy (non-hydrogen) atoms. The summed E-state index contributed by atoms with van der Waals surface area (Å²) < 4.78 is 1.61. The van der Waals surface area contributed by atoms with Crippen molar-refractivity contribution in [3.05, 3.63) is 42.2 Å². The van der Waals surface area contributed by atoms with Gasteiger partial charge in [0.2, 0.25) is 0 Å².